The fraction of sp³-hybridized carbons (Fsp3) is 0.458. The Hall–Kier alpha value is -2.99. The van der Waals surface area contributed by atoms with E-state index in [-0.39, 0.29) is 25.3 Å². The van der Waals surface area contributed by atoms with Crippen LogP contribution in [0.3, 0.4) is 0 Å². The molecule has 196 valence electrons. The molecule has 2 heterocycles. The highest BCUT2D eigenvalue weighted by molar-refractivity contribution is 7.99. The number of nitrogen functional groups attached to an aromatic ring is 2. The van der Waals surface area contributed by atoms with Crippen LogP contribution in [0.5, 0.6) is 0 Å². The molecule has 0 unspecified atom stereocenters. The van der Waals surface area contributed by atoms with Gasteiger partial charge < -0.3 is 21.1 Å². The van der Waals surface area contributed by atoms with Crippen LogP contribution in [0.4, 0.5) is 16.2 Å². The van der Waals surface area contributed by atoms with E-state index < -0.39 is 17.6 Å². The van der Waals surface area contributed by atoms with Gasteiger partial charge in [-0.25, -0.2) is 19.7 Å². The first-order chi connectivity index (χ1) is 16.9. The van der Waals surface area contributed by atoms with Gasteiger partial charge in [-0.05, 0) is 45.0 Å². The molecule has 2 rings (SSSR count). The van der Waals surface area contributed by atoms with E-state index in [1.807, 2.05) is 6.07 Å². The van der Waals surface area contributed by atoms with Crippen molar-refractivity contribution in [2.24, 2.45) is 0 Å². The van der Waals surface area contributed by atoms with Gasteiger partial charge in [-0.3, -0.25) is 9.59 Å². The third-order valence-electron chi connectivity index (χ3n) is 4.65. The summed E-state index contributed by atoms with van der Waals surface area (Å²) >= 11 is 2.90. The first-order valence-corrected chi connectivity index (χ1v) is 13.4. The molecule has 0 saturated heterocycles. The van der Waals surface area contributed by atoms with Gasteiger partial charge in [0.25, 0.3) is 0 Å². The van der Waals surface area contributed by atoms with E-state index in [9.17, 15) is 14.4 Å². The molecule has 0 aromatic carbocycles. The average Bonchev–Trinajstić information content (AvgIpc) is 2.81. The highest BCUT2D eigenvalue weighted by atomic mass is 32.2. The molecular weight excluding hydrogens is 500 g/mol. The van der Waals surface area contributed by atoms with Crippen LogP contribution in [0.25, 0.3) is 0 Å². The molecule has 0 aliphatic carbocycles. The Labute approximate surface area is 220 Å². The lowest BCUT2D eigenvalue weighted by atomic mass is 10.2. The molecular formula is C24H34N6O4S2. The second kappa shape index (κ2) is 13.9. The Bertz CT molecular complexity index is 1010. The Kier molecular flexibility index (Phi) is 11.3. The van der Waals surface area contributed by atoms with E-state index in [1.54, 1.807) is 63.3 Å². The number of aromatic nitrogens is 2. The molecule has 36 heavy (non-hydrogen) atoms. The molecule has 10 nitrogen and oxygen atoms in total. The molecule has 0 aliphatic heterocycles. The van der Waals surface area contributed by atoms with Gasteiger partial charge in [0, 0.05) is 44.5 Å². The molecule has 4 N–H and O–H groups in total. The number of rotatable bonds is 11. The number of imide groups is 1. The monoisotopic (exact) mass is 534 g/mol. The first kappa shape index (κ1) is 29.2. The molecule has 0 fully saturated rings. The number of hydrogen-bond donors (Lipinski definition) is 2. The van der Waals surface area contributed by atoms with E-state index in [0.717, 1.165) is 15.0 Å². The van der Waals surface area contributed by atoms with Crippen LogP contribution < -0.4 is 11.5 Å². The molecule has 0 spiro atoms. The van der Waals surface area contributed by atoms with Crippen LogP contribution in [-0.4, -0.2) is 74.9 Å². The number of carbonyl (C=O) groups excluding carboxylic acids is 3. The molecule has 0 saturated carbocycles. The summed E-state index contributed by atoms with van der Waals surface area (Å²) in [5.41, 5.74) is 11.7. The molecule has 0 aliphatic rings. The van der Waals surface area contributed by atoms with E-state index in [1.165, 1.54) is 23.5 Å². The molecule has 3 amide bonds. The third kappa shape index (κ3) is 10.7. The largest absolute Gasteiger partial charge is 0.443 e. The van der Waals surface area contributed by atoms with Gasteiger partial charge >= 0.3 is 6.09 Å². The van der Waals surface area contributed by atoms with Gasteiger partial charge in [0.05, 0.1) is 33.8 Å². The van der Waals surface area contributed by atoms with Crippen LogP contribution >= 0.6 is 23.5 Å². The molecule has 0 bridgehead atoms. The Morgan fingerprint density at radius 3 is 1.83 bits per heavy atom. The van der Waals surface area contributed by atoms with Crippen molar-refractivity contribution in [2.75, 3.05) is 43.1 Å². The maximum atomic E-state index is 12.9. The van der Waals surface area contributed by atoms with Gasteiger partial charge in [0.15, 0.2) is 0 Å². The van der Waals surface area contributed by atoms with Crippen LogP contribution in [0.1, 0.15) is 33.6 Å². The number of carbonyl (C=O) groups is 3. The summed E-state index contributed by atoms with van der Waals surface area (Å²) < 4.78 is 5.41. The van der Waals surface area contributed by atoms with Crippen molar-refractivity contribution in [1.82, 2.24) is 19.8 Å². The van der Waals surface area contributed by atoms with Gasteiger partial charge in [0.2, 0.25) is 11.8 Å². The number of nitrogens with two attached hydrogens (primary N) is 2. The minimum absolute atomic E-state index is 0.00786. The average molecular weight is 535 g/mol. The van der Waals surface area contributed by atoms with E-state index in [0.29, 0.717) is 29.4 Å². The SMILES string of the molecule is CN(CCSc1ccc(N)cn1)C(=O)CCC(=O)N(CCSc1ccc(N)cn1)C(=O)OC(C)(C)C. The highest BCUT2D eigenvalue weighted by Crippen LogP contribution is 2.18. The number of pyridine rings is 2. The summed E-state index contributed by atoms with van der Waals surface area (Å²) in [6.45, 7) is 5.81. The lowest BCUT2D eigenvalue weighted by molar-refractivity contribution is -0.135. The van der Waals surface area contributed by atoms with Gasteiger partial charge in [-0.15, -0.1) is 23.5 Å². The van der Waals surface area contributed by atoms with Crippen molar-refractivity contribution in [3.63, 3.8) is 0 Å². The first-order valence-electron chi connectivity index (χ1n) is 11.4. The summed E-state index contributed by atoms with van der Waals surface area (Å²) in [6.07, 6.45) is 2.30. The molecule has 2 aromatic rings. The third-order valence-corrected chi connectivity index (χ3v) is 6.50. The standard InChI is InChI=1S/C24H34N6O4S2/c1-24(2,3)34-23(33)30(12-14-36-20-8-6-18(26)16-28-20)22(32)10-9-21(31)29(4)11-13-35-19-7-5-17(25)15-27-19/h5-8,15-16H,9-14,25-26H2,1-4H3. The highest BCUT2D eigenvalue weighted by Gasteiger charge is 2.27. The zero-order chi connectivity index (χ0) is 26.7. The molecule has 12 heteroatoms. The maximum absolute atomic E-state index is 12.9. The maximum Gasteiger partial charge on any atom is 0.417 e. The number of ether oxygens (including phenoxy) is 1. The summed E-state index contributed by atoms with van der Waals surface area (Å²) in [6, 6.07) is 7.11. The number of hydrogen-bond acceptors (Lipinski definition) is 10. The topological polar surface area (TPSA) is 145 Å². The van der Waals surface area contributed by atoms with Crippen LogP contribution in [-0.2, 0) is 14.3 Å². The lowest BCUT2D eigenvalue weighted by Gasteiger charge is -2.26. The van der Waals surface area contributed by atoms with Gasteiger partial charge in [-0.1, -0.05) is 0 Å². The van der Waals surface area contributed by atoms with Gasteiger partial charge in [0.1, 0.15) is 5.60 Å². The number of thioether (sulfide) groups is 2. The Morgan fingerprint density at radius 1 is 0.861 bits per heavy atom. The van der Waals surface area contributed by atoms with Crippen molar-refractivity contribution in [3.05, 3.63) is 36.7 Å². The number of amides is 3. The lowest BCUT2D eigenvalue weighted by Crippen LogP contribution is -2.42. The van der Waals surface area contributed by atoms with Gasteiger partial charge in [-0.2, -0.15) is 0 Å². The van der Waals surface area contributed by atoms with E-state index >= 15 is 0 Å². The predicted molar refractivity (Wildman–Crippen MR) is 144 cm³/mol. The second-order valence-corrected chi connectivity index (χ2v) is 11.1. The second-order valence-electron chi connectivity index (χ2n) is 8.90. The number of nitrogens with zero attached hydrogens (tertiary/aromatic N) is 4. The van der Waals surface area contributed by atoms with Crippen LogP contribution in [0.15, 0.2) is 46.7 Å². The van der Waals surface area contributed by atoms with Crippen molar-refractivity contribution in [3.8, 4) is 0 Å². The normalized spacial score (nSPS) is 11.1. The summed E-state index contributed by atoms with van der Waals surface area (Å²) in [5.74, 6) is 0.427. The zero-order valence-corrected chi connectivity index (χ0v) is 22.7. The quantitative estimate of drug-likeness (QED) is 0.411. The van der Waals surface area contributed by atoms with Crippen molar-refractivity contribution in [2.45, 2.75) is 49.3 Å². The Balaban J connectivity index is 1.86. The van der Waals surface area contributed by atoms with Crippen LogP contribution in [0.2, 0.25) is 0 Å². The zero-order valence-electron chi connectivity index (χ0n) is 21.1. The fourth-order valence-electron chi connectivity index (χ4n) is 2.78. The predicted octanol–water partition coefficient (Wildman–Crippen LogP) is 3.53. The van der Waals surface area contributed by atoms with Crippen molar-refractivity contribution >= 4 is 52.8 Å². The summed E-state index contributed by atoms with van der Waals surface area (Å²) in [7, 11) is 1.69. The van der Waals surface area contributed by atoms with Crippen molar-refractivity contribution in [1.29, 1.82) is 0 Å². The van der Waals surface area contributed by atoms with E-state index in [4.69, 9.17) is 16.2 Å². The molecule has 2 aromatic heterocycles. The van der Waals surface area contributed by atoms with E-state index in [2.05, 4.69) is 9.97 Å². The number of anilines is 2. The van der Waals surface area contributed by atoms with Crippen molar-refractivity contribution < 1.29 is 19.1 Å². The molecule has 0 radical (unpaired) electrons. The Morgan fingerprint density at radius 2 is 1.36 bits per heavy atom. The minimum Gasteiger partial charge on any atom is -0.443 e. The van der Waals surface area contributed by atoms with Crippen LogP contribution in [0, 0.1) is 0 Å². The summed E-state index contributed by atoms with van der Waals surface area (Å²) in [4.78, 5) is 49.2. The minimum atomic E-state index is -0.756. The smallest absolute Gasteiger partial charge is 0.417 e. The molecule has 0 atom stereocenters. The fourth-order valence-corrected chi connectivity index (χ4v) is 4.42. The summed E-state index contributed by atoms with van der Waals surface area (Å²) in [5, 5.41) is 1.55.